The predicted octanol–water partition coefficient (Wildman–Crippen LogP) is 1.33. The number of carbonyl (C=O) groups excluding carboxylic acids is 2. The predicted molar refractivity (Wildman–Crippen MR) is 101 cm³/mol. The summed E-state index contributed by atoms with van der Waals surface area (Å²) in [6.07, 6.45) is 0.931. The van der Waals surface area contributed by atoms with Crippen LogP contribution in [0, 0.1) is 6.92 Å². The summed E-state index contributed by atoms with van der Waals surface area (Å²) in [6.45, 7) is 4.56. The van der Waals surface area contributed by atoms with E-state index in [1.165, 1.54) is 0 Å². The molecule has 2 atom stereocenters. The first-order valence-electron chi connectivity index (χ1n) is 8.73. The van der Waals surface area contributed by atoms with Gasteiger partial charge in [-0.25, -0.2) is 0 Å². The molecule has 1 aromatic carbocycles. The molecule has 0 radical (unpaired) electrons. The summed E-state index contributed by atoms with van der Waals surface area (Å²) < 4.78 is 10.9. The van der Waals surface area contributed by atoms with Gasteiger partial charge in [0, 0.05) is 30.9 Å². The van der Waals surface area contributed by atoms with Crippen LogP contribution in [0.4, 0.5) is 5.69 Å². The van der Waals surface area contributed by atoms with E-state index in [1.807, 2.05) is 6.92 Å². The third kappa shape index (κ3) is 4.54. The number of hydrogen-bond acceptors (Lipinski definition) is 5. The Labute approximate surface area is 159 Å². The maximum atomic E-state index is 12.7. The highest BCUT2D eigenvalue weighted by atomic mass is 35.5. The molecule has 26 heavy (non-hydrogen) atoms. The monoisotopic (exact) mass is 383 g/mol. The van der Waals surface area contributed by atoms with Crippen molar-refractivity contribution in [2.75, 3.05) is 38.2 Å². The van der Waals surface area contributed by atoms with Gasteiger partial charge in [0.15, 0.2) is 0 Å². The lowest BCUT2D eigenvalue weighted by atomic mass is 10.0. The molecule has 0 bridgehead atoms. The smallest absolute Gasteiger partial charge is 0.254 e. The fourth-order valence-electron chi connectivity index (χ4n) is 3.22. The first kappa shape index (κ1) is 20.6. The van der Waals surface area contributed by atoms with Gasteiger partial charge in [-0.2, -0.15) is 0 Å². The molecule has 2 amide bonds. The molecule has 2 saturated heterocycles. The Morgan fingerprint density at radius 3 is 2.65 bits per heavy atom. The second-order valence-electron chi connectivity index (χ2n) is 6.43. The molecule has 2 fully saturated rings. The molecule has 8 heteroatoms. The average molecular weight is 384 g/mol. The SMILES string of the molecule is Cc1c(NC(=O)[C@@H]2CC[C@H](CN)O2)cccc1C(=O)N1CCOCC1.Cl. The van der Waals surface area contributed by atoms with Crippen LogP contribution in [0.1, 0.15) is 28.8 Å². The summed E-state index contributed by atoms with van der Waals surface area (Å²) in [5.41, 5.74) is 7.60. The number of benzene rings is 1. The van der Waals surface area contributed by atoms with Crippen molar-refractivity contribution in [3.05, 3.63) is 29.3 Å². The maximum absolute atomic E-state index is 12.7. The van der Waals surface area contributed by atoms with Crippen LogP contribution in [-0.4, -0.2) is 61.8 Å². The normalized spacial score (nSPS) is 22.6. The molecule has 1 aromatic rings. The van der Waals surface area contributed by atoms with Gasteiger partial charge in [-0.05, 0) is 37.5 Å². The van der Waals surface area contributed by atoms with Crippen LogP contribution in [0.25, 0.3) is 0 Å². The first-order valence-corrected chi connectivity index (χ1v) is 8.73. The minimum Gasteiger partial charge on any atom is -0.378 e. The van der Waals surface area contributed by atoms with Crippen LogP contribution < -0.4 is 11.1 Å². The van der Waals surface area contributed by atoms with Crippen molar-refractivity contribution in [2.24, 2.45) is 5.73 Å². The third-order valence-electron chi connectivity index (χ3n) is 4.78. The Morgan fingerprint density at radius 2 is 2.00 bits per heavy atom. The Hall–Kier alpha value is -1.67. The van der Waals surface area contributed by atoms with E-state index in [0.717, 1.165) is 12.0 Å². The summed E-state index contributed by atoms with van der Waals surface area (Å²) in [5, 5.41) is 2.89. The third-order valence-corrected chi connectivity index (χ3v) is 4.78. The summed E-state index contributed by atoms with van der Waals surface area (Å²) >= 11 is 0. The number of halogens is 1. The number of morpholine rings is 1. The number of ether oxygens (including phenoxy) is 2. The van der Waals surface area contributed by atoms with Crippen LogP contribution in [-0.2, 0) is 14.3 Å². The van der Waals surface area contributed by atoms with E-state index >= 15 is 0 Å². The van der Waals surface area contributed by atoms with E-state index in [2.05, 4.69) is 5.32 Å². The quantitative estimate of drug-likeness (QED) is 0.818. The number of hydrogen-bond donors (Lipinski definition) is 2. The van der Waals surface area contributed by atoms with E-state index < -0.39 is 6.10 Å². The molecule has 2 aliphatic rings. The van der Waals surface area contributed by atoms with E-state index in [1.54, 1.807) is 23.1 Å². The van der Waals surface area contributed by atoms with Crippen LogP contribution >= 0.6 is 12.4 Å². The average Bonchev–Trinajstić information content (AvgIpc) is 3.13. The van der Waals surface area contributed by atoms with Gasteiger partial charge in [0.1, 0.15) is 6.10 Å². The van der Waals surface area contributed by atoms with Gasteiger partial charge < -0.3 is 25.4 Å². The second-order valence-corrected chi connectivity index (χ2v) is 6.43. The summed E-state index contributed by atoms with van der Waals surface area (Å²) in [6, 6.07) is 5.38. The van der Waals surface area contributed by atoms with Crippen LogP contribution in [0.15, 0.2) is 18.2 Å². The largest absolute Gasteiger partial charge is 0.378 e. The van der Waals surface area contributed by atoms with E-state index in [9.17, 15) is 9.59 Å². The fraction of sp³-hybridized carbons (Fsp3) is 0.556. The molecule has 0 unspecified atom stereocenters. The molecule has 2 aliphatic heterocycles. The molecule has 2 heterocycles. The molecular weight excluding hydrogens is 358 g/mol. The number of rotatable bonds is 4. The van der Waals surface area contributed by atoms with Gasteiger partial charge in [-0.15, -0.1) is 12.4 Å². The van der Waals surface area contributed by atoms with Crippen molar-refractivity contribution in [1.82, 2.24) is 4.90 Å². The van der Waals surface area contributed by atoms with E-state index in [0.29, 0.717) is 50.5 Å². The van der Waals surface area contributed by atoms with Gasteiger partial charge in [-0.3, -0.25) is 9.59 Å². The highest BCUT2D eigenvalue weighted by Crippen LogP contribution is 2.24. The minimum atomic E-state index is -0.480. The number of anilines is 1. The van der Waals surface area contributed by atoms with Crippen molar-refractivity contribution in [3.63, 3.8) is 0 Å². The minimum absolute atomic E-state index is 0. The fourth-order valence-corrected chi connectivity index (χ4v) is 3.22. The number of carbonyl (C=O) groups is 2. The highest BCUT2D eigenvalue weighted by molar-refractivity contribution is 6.00. The Morgan fingerprint density at radius 1 is 1.27 bits per heavy atom. The maximum Gasteiger partial charge on any atom is 0.254 e. The van der Waals surface area contributed by atoms with Crippen molar-refractivity contribution >= 4 is 29.9 Å². The molecule has 7 nitrogen and oxygen atoms in total. The van der Waals surface area contributed by atoms with Gasteiger partial charge in [-0.1, -0.05) is 6.07 Å². The zero-order chi connectivity index (χ0) is 17.8. The summed E-state index contributed by atoms with van der Waals surface area (Å²) in [7, 11) is 0. The Kier molecular flexibility index (Phi) is 7.40. The molecule has 0 spiro atoms. The van der Waals surface area contributed by atoms with Crippen molar-refractivity contribution in [3.8, 4) is 0 Å². The zero-order valence-corrected chi connectivity index (χ0v) is 15.7. The highest BCUT2D eigenvalue weighted by Gasteiger charge is 2.30. The lowest BCUT2D eigenvalue weighted by Crippen LogP contribution is -2.41. The number of nitrogens with zero attached hydrogens (tertiary/aromatic N) is 1. The van der Waals surface area contributed by atoms with Crippen molar-refractivity contribution in [2.45, 2.75) is 32.0 Å². The second kappa shape index (κ2) is 9.32. The summed E-state index contributed by atoms with van der Waals surface area (Å²) in [5.74, 6) is -0.216. The van der Waals surface area contributed by atoms with E-state index in [-0.39, 0.29) is 30.3 Å². The van der Waals surface area contributed by atoms with Crippen LogP contribution in [0.5, 0.6) is 0 Å². The van der Waals surface area contributed by atoms with Crippen molar-refractivity contribution < 1.29 is 19.1 Å². The number of nitrogens with two attached hydrogens (primary N) is 1. The Balaban J connectivity index is 0.00000243. The van der Waals surface area contributed by atoms with Crippen LogP contribution in [0.3, 0.4) is 0 Å². The molecule has 0 aliphatic carbocycles. The number of nitrogens with one attached hydrogen (secondary N) is 1. The molecule has 3 N–H and O–H groups in total. The van der Waals surface area contributed by atoms with Gasteiger partial charge in [0.25, 0.3) is 11.8 Å². The Bertz CT molecular complexity index is 649. The zero-order valence-electron chi connectivity index (χ0n) is 14.9. The van der Waals surface area contributed by atoms with Crippen molar-refractivity contribution in [1.29, 1.82) is 0 Å². The molecular formula is C18H26ClN3O4. The lowest BCUT2D eigenvalue weighted by Gasteiger charge is -2.27. The lowest BCUT2D eigenvalue weighted by molar-refractivity contribution is -0.126. The molecule has 144 valence electrons. The topological polar surface area (TPSA) is 93.9 Å². The van der Waals surface area contributed by atoms with E-state index in [4.69, 9.17) is 15.2 Å². The first-order chi connectivity index (χ1) is 12.1. The van der Waals surface area contributed by atoms with Gasteiger partial charge in [0.2, 0.25) is 0 Å². The van der Waals surface area contributed by atoms with Gasteiger partial charge in [0.05, 0.1) is 19.3 Å². The summed E-state index contributed by atoms with van der Waals surface area (Å²) in [4.78, 5) is 26.9. The molecule has 0 saturated carbocycles. The number of amides is 2. The standard InChI is InChI=1S/C18H25N3O4.ClH/c1-12-14(18(23)21-7-9-24-10-8-21)3-2-4-15(12)20-17(22)16-6-5-13(11-19)25-16;/h2-4,13,16H,5-11,19H2,1H3,(H,20,22);1H/t13-,16+;/m1./s1. The molecule has 3 rings (SSSR count). The van der Waals surface area contributed by atoms with Crippen LogP contribution in [0.2, 0.25) is 0 Å². The molecule has 0 aromatic heterocycles. The van der Waals surface area contributed by atoms with Gasteiger partial charge >= 0.3 is 0 Å².